The predicted molar refractivity (Wildman–Crippen MR) is 59.5 cm³/mol. The van der Waals surface area contributed by atoms with E-state index in [-0.39, 0.29) is 30.0 Å². The van der Waals surface area contributed by atoms with Crippen molar-refractivity contribution < 1.29 is 27.4 Å². The van der Waals surface area contributed by atoms with Gasteiger partial charge in [0.05, 0.1) is 12.8 Å². The van der Waals surface area contributed by atoms with Crippen molar-refractivity contribution in [1.29, 1.82) is 0 Å². The van der Waals surface area contributed by atoms with E-state index in [1.54, 1.807) is 6.92 Å². The van der Waals surface area contributed by atoms with Crippen LogP contribution < -0.4 is 10.5 Å². The predicted octanol–water partition coefficient (Wildman–Crippen LogP) is 1.92. The fourth-order valence-electron chi connectivity index (χ4n) is 1.48. The molecule has 0 atom stereocenters. The lowest BCUT2D eigenvalue weighted by atomic mass is 10.1. The Labute approximate surface area is 107 Å². The SMILES string of the molecule is CCOC(=O)c1ncc(OC(F)(F)F)c(C)c1CN. The highest BCUT2D eigenvalue weighted by Crippen LogP contribution is 2.28. The molecule has 0 aliphatic rings. The summed E-state index contributed by atoms with van der Waals surface area (Å²) in [6.45, 7) is 2.95. The molecule has 0 saturated heterocycles. The highest BCUT2D eigenvalue weighted by Gasteiger charge is 2.33. The van der Waals surface area contributed by atoms with E-state index < -0.39 is 18.1 Å². The van der Waals surface area contributed by atoms with Crippen molar-refractivity contribution >= 4 is 5.97 Å². The number of hydrogen-bond acceptors (Lipinski definition) is 5. The number of nitrogens with zero attached hydrogens (tertiary/aromatic N) is 1. The number of carbonyl (C=O) groups excluding carboxylic acids is 1. The quantitative estimate of drug-likeness (QED) is 0.852. The summed E-state index contributed by atoms with van der Waals surface area (Å²) in [5, 5.41) is 0. The number of halogens is 3. The third kappa shape index (κ3) is 3.82. The summed E-state index contributed by atoms with van der Waals surface area (Å²) in [4.78, 5) is 15.2. The summed E-state index contributed by atoms with van der Waals surface area (Å²) in [6, 6.07) is 0. The Balaban J connectivity index is 3.19. The van der Waals surface area contributed by atoms with Crippen molar-refractivity contribution in [1.82, 2.24) is 4.98 Å². The van der Waals surface area contributed by atoms with Gasteiger partial charge in [0.15, 0.2) is 11.4 Å². The zero-order chi connectivity index (χ0) is 14.6. The third-order valence-corrected chi connectivity index (χ3v) is 2.32. The number of ether oxygens (including phenoxy) is 2. The van der Waals surface area contributed by atoms with Crippen LogP contribution in [0.1, 0.15) is 28.5 Å². The van der Waals surface area contributed by atoms with Gasteiger partial charge in [-0.3, -0.25) is 0 Å². The average Bonchev–Trinajstić information content (AvgIpc) is 2.30. The van der Waals surface area contributed by atoms with Gasteiger partial charge in [-0.05, 0) is 19.4 Å². The molecule has 8 heteroatoms. The van der Waals surface area contributed by atoms with Gasteiger partial charge in [0.2, 0.25) is 0 Å². The molecule has 0 amide bonds. The molecule has 0 aromatic carbocycles. The van der Waals surface area contributed by atoms with Crippen LogP contribution in [0.15, 0.2) is 6.20 Å². The number of aromatic nitrogens is 1. The standard InChI is InChI=1S/C11H13F3N2O3/c1-3-18-10(17)9-7(4-15)6(2)8(5-16-9)19-11(12,13)14/h5H,3-4,15H2,1-2H3. The maximum atomic E-state index is 12.2. The van der Waals surface area contributed by atoms with Crippen molar-refractivity contribution in [2.75, 3.05) is 6.61 Å². The zero-order valence-corrected chi connectivity index (χ0v) is 10.4. The molecular weight excluding hydrogens is 265 g/mol. The number of alkyl halides is 3. The van der Waals surface area contributed by atoms with Gasteiger partial charge >= 0.3 is 12.3 Å². The van der Waals surface area contributed by atoms with E-state index in [1.807, 2.05) is 0 Å². The average molecular weight is 278 g/mol. The Bertz CT molecular complexity index is 475. The second-order valence-electron chi connectivity index (χ2n) is 3.55. The maximum absolute atomic E-state index is 12.2. The molecule has 0 fully saturated rings. The molecule has 5 nitrogen and oxygen atoms in total. The van der Waals surface area contributed by atoms with Crippen LogP contribution in [-0.2, 0) is 11.3 Å². The monoisotopic (exact) mass is 278 g/mol. The molecule has 0 unspecified atom stereocenters. The molecule has 19 heavy (non-hydrogen) atoms. The topological polar surface area (TPSA) is 74.4 Å². The second-order valence-corrected chi connectivity index (χ2v) is 3.55. The Morgan fingerprint density at radius 2 is 2.11 bits per heavy atom. The molecule has 1 aromatic rings. The lowest BCUT2D eigenvalue weighted by molar-refractivity contribution is -0.275. The molecule has 1 heterocycles. The Kier molecular flexibility index (Phi) is 4.71. The van der Waals surface area contributed by atoms with Crippen LogP contribution in [-0.4, -0.2) is 23.9 Å². The van der Waals surface area contributed by atoms with Crippen LogP contribution in [0.2, 0.25) is 0 Å². The minimum atomic E-state index is -4.83. The summed E-state index contributed by atoms with van der Waals surface area (Å²) in [5.41, 5.74) is 5.61. The van der Waals surface area contributed by atoms with Crippen molar-refractivity contribution in [3.05, 3.63) is 23.0 Å². The first kappa shape index (κ1) is 15.2. The van der Waals surface area contributed by atoms with Gasteiger partial charge in [-0.25, -0.2) is 9.78 Å². The summed E-state index contributed by atoms with van der Waals surface area (Å²) in [5.74, 6) is -1.22. The molecule has 2 N–H and O–H groups in total. The van der Waals surface area contributed by atoms with Crippen LogP contribution >= 0.6 is 0 Å². The van der Waals surface area contributed by atoms with Crippen molar-refractivity contribution in [3.8, 4) is 5.75 Å². The van der Waals surface area contributed by atoms with E-state index in [0.717, 1.165) is 6.20 Å². The molecule has 0 spiro atoms. The van der Waals surface area contributed by atoms with Gasteiger partial charge in [-0.1, -0.05) is 0 Å². The molecule has 0 aliphatic heterocycles. The first-order valence-corrected chi connectivity index (χ1v) is 5.41. The Morgan fingerprint density at radius 1 is 1.47 bits per heavy atom. The van der Waals surface area contributed by atoms with E-state index in [2.05, 4.69) is 9.72 Å². The number of hydrogen-bond donors (Lipinski definition) is 1. The summed E-state index contributed by atoms with van der Waals surface area (Å²) in [7, 11) is 0. The Hall–Kier alpha value is -1.83. The minimum Gasteiger partial charge on any atom is -0.461 e. The van der Waals surface area contributed by atoms with E-state index in [0.29, 0.717) is 0 Å². The van der Waals surface area contributed by atoms with Gasteiger partial charge in [0.25, 0.3) is 0 Å². The largest absolute Gasteiger partial charge is 0.573 e. The fourth-order valence-corrected chi connectivity index (χ4v) is 1.48. The number of esters is 1. The van der Waals surface area contributed by atoms with Crippen molar-refractivity contribution in [2.45, 2.75) is 26.8 Å². The summed E-state index contributed by atoms with van der Waals surface area (Å²) in [6.07, 6.45) is -4.00. The first-order valence-electron chi connectivity index (χ1n) is 5.41. The minimum absolute atomic E-state index is 0.101. The zero-order valence-electron chi connectivity index (χ0n) is 10.4. The maximum Gasteiger partial charge on any atom is 0.573 e. The van der Waals surface area contributed by atoms with Crippen LogP contribution in [0.5, 0.6) is 5.75 Å². The first-order chi connectivity index (χ1) is 8.80. The normalized spacial score (nSPS) is 11.3. The smallest absolute Gasteiger partial charge is 0.461 e. The lowest BCUT2D eigenvalue weighted by Gasteiger charge is -2.15. The van der Waals surface area contributed by atoms with Crippen LogP contribution in [0.3, 0.4) is 0 Å². The van der Waals surface area contributed by atoms with Gasteiger partial charge in [0, 0.05) is 12.1 Å². The summed E-state index contributed by atoms with van der Waals surface area (Å²) < 4.78 is 45.0. The van der Waals surface area contributed by atoms with E-state index in [1.165, 1.54) is 6.92 Å². The number of carbonyl (C=O) groups is 1. The molecule has 0 radical (unpaired) electrons. The Morgan fingerprint density at radius 3 is 2.58 bits per heavy atom. The molecule has 0 aliphatic carbocycles. The second kappa shape index (κ2) is 5.87. The highest BCUT2D eigenvalue weighted by molar-refractivity contribution is 5.89. The van der Waals surface area contributed by atoms with E-state index in [4.69, 9.17) is 10.5 Å². The number of rotatable bonds is 4. The van der Waals surface area contributed by atoms with Gasteiger partial charge < -0.3 is 15.2 Å². The fraction of sp³-hybridized carbons (Fsp3) is 0.455. The summed E-state index contributed by atoms with van der Waals surface area (Å²) >= 11 is 0. The van der Waals surface area contributed by atoms with E-state index in [9.17, 15) is 18.0 Å². The molecule has 1 rings (SSSR count). The number of pyridine rings is 1. The van der Waals surface area contributed by atoms with Crippen molar-refractivity contribution in [3.63, 3.8) is 0 Å². The van der Waals surface area contributed by atoms with Crippen LogP contribution in [0.25, 0.3) is 0 Å². The van der Waals surface area contributed by atoms with Gasteiger partial charge in [-0.2, -0.15) is 0 Å². The molecular formula is C11H13F3N2O3. The molecule has 0 saturated carbocycles. The van der Waals surface area contributed by atoms with Gasteiger partial charge in [-0.15, -0.1) is 13.2 Å². The number of nitrogens with two attached hydrogens (primary N) is 1. The molecule has 1 aromatic heterocycles. The van der Waals surface area contributed by atoms with Gasteiger partial charge in [0.1, 0.15) is 0 Å². The molecule has 106 valence electrons. The van der Waals surface area contributed by atoms with E-state index >= 15 is 0 Å². The lowest BCUT2D eigenvalue weighted by Crippen LogP contribution is -2.20. The molecule has 0 bridgehead atoms. The van der Waals surface area contributed by atoms with Crippen LogP contribution in [0, 0.1) is 6.92 Å². The van der Waals surface area contributed by atoms with Crippen LogP contribution in [0.4, 0.5) is 13.2 Å². The third-order valence-electron chi connectivity index (χ3n) is 2.32. The highest BCUT2D eigenvalue weighted by atomic mass is 19.4. The van der Waals surface area contributed by atoms with Crippen molar-refractivity contribution in [2.24, 2.45) is 5.73 Å².